The molecule has 0 aliphatic carbocycles. The first-order valence-electron chi connectivity index (χ1n) is 8.19. The molecule has 2 heterocycles. The minimum absolute atomic E-state index is 0.0699. The van der Waals surface area contributed by atoms with E-state index in [9.17, 15) is 9.59 Å². The predicted molar refractivity (Wildman–Crippen MR) is 98.2 cm³/mol. The molecular weight excluding hydrogens is 370 g/mol. The van der Waals surface area contributed by atoms with E-state index in [0.717, 1.165) is 0 Å². The topological polar surface area (TPSA) is 107 Å². The SMILES string of the molecule is C=CCn1c(SCC(=O)NNC(C)=O)nnc1[C@@H]1COc2ccccc2O1. The third-order valence-corrected chi connectivity index (χ3v) is 4.53. The summed E-state index contributed by atoms with van der Waals surface area (Å²) in [7, 11) is 0. The average Bonchev–Trinajstić information content (AvgIpc) is 3.07. The average molecular weight is 389 g/mol. The molecule has 27 heavy (non-hydrogen) atoms. The smallest absolute Gasteiger partial charge is 0.248 e. The number of rotatable bonds is 6. The van der Waals surface area contributed by atoms with E-state index in [1.54, 1.807) is 6.08 Å². The van der Waals surface area contributed by atoms with Crippen LogP contribution in [0.15, 0.2) is 42.1 Å². The van der Waals surface area contributed by atoms with Crippen molar-refractivity contribution in [2.45, 2.75) is 24.7 Å². The van der Waals surface area contributed by atoms with Crippen LogP contribution in [-0.2, 0) is 16.1 Å². The lowest BCUT2D eigenvalue weighted by Crippen LogP contribution is -2.41. The summed E-state index contributed by atoms with van der Waals surface area (Å²) in [6, 6.07) is 7.42. The van der Waals surface area contributed by atoms with Crippen LogP contribution in [0, 0.1) is 0 Å². The molecule has 0 spiro atoms. The Kier molecular flexibility index (Phi) is 5.97. The van der Waals surface area contributed by atoms with E-state index >= 15 is 0 Å². The molecule has 142 valence electrons. The number of hydrazine groups is 1. The first-order chi connectivity index (χ1) is 13.1. The molecular formula is C17H19N5O4S. The molecule has 0 fully saturated rings. The van der Waals surface area contributed by atoms with Crippen molar-refractivity contribution in [3.8, 4) is 11.5 Å². The van der Waals surface area contributed by atoms with Crippen LogP contribution >= 0.6 is 11.8 Å². The number of carbonyl (C=O) groups is 2. The van der Waals surface area contributed by atoms with Gasteiger partial charge >= 0.3 is 0 Å². The van der Waals surface area contributed by atoms with Gasteiger partial charge in [0, 0.05) is 13.5 Å². The summed E-state index contributed by atoms with van der Waals surface area (Å²) in [6.45, 7) is 5.83. The van der Waals surface area contributed by atoms with Gasteiger partial charge in [0.1, 0.15) is 6.61 Å². The van der Waals surface area contributed by atoms with Gasteiger partial charge in [0.05, 0.1) is 5.75 Å². The van der Waals surface area contributed by atoms with Crippen LogP contribution in [-0.4, -0.2) is 38.9 Å². The number of aromatic nitrogens is 3. The maximum absolute atomic E-state index is 11.8. The number of benzene rings is 1. The van der Waals surface area contributed by atoms with E-state index in [2.05, 4.69) is 27.6 Å². The molecule has 2 aromatic rings. The van der Waals surface area contributed by atoms with Crippen molar-refractivity contribution in [2.24, 2.45) is 0 Å². The summed E-state index contributed by atoms with van der Waals surface area (Å²) in [4.78, 5) is 22.6. The quantitative estimate of drug-likeness (QED) is 0.435. The summed E-state index contributed by atoms with van der Waals surface area (Å²) >= 11 is 1.20. The van der Waals surface area contributed by atoms with Crippen LogP contribution in [0.5, 0.6) is 11.5 Å². The normalized spacial score (nSPS) is 15.1. The summed E-state index contributed by atoms with van der Waals surface area (Å²) in [5, 5.41) is 8.93. The largest absolute Gasteiger partial charge is 0.485 e. The van der Waals surface area contributed by atoms with E-state index in [-0.39, 0.29) is 17.6 Å². The molecule has 10 heteroatoms. The van der Waals surface area contributed by atoms with Crippen molar-refractivity contribution in [2.75, 3.05) is 12.4 Å². The molecule has 3 rings (SSSR count). The summed E-state index contributed by atoms with van der Waals surface area (Å²) in [6.07, 6.45) is 1.29. The number of thioether (sulfide) groups is 1. The summed E-state index contributed by atoms with van der Waals surface area (Å²) in [5.41, 5.74) is 4.54. The highest BCUT2D eigenvalue weighted by Crippen LogP contribution is 2.36. The van der Waals surface area contributed by atoms with Gasteiger partial charge in [-0.3, -0.25) is 25.0 Å². The fourth-order valence-corrected chi connectivity index (χ4v) is 3.17. The lowest BCUT2D eigenvalue weighted by molar-refractivity contribution is -0.126. The number of nitrogens with one attached hydrogen (secondary N) is 2. The Morgan fingerprint density at radius 3 is 2.85 bits per heavy atom. The van der Waals surface area contributed by atoms with Crippen LogP contribution in [0.1, 0.15) is 18.9 Å². The maximum Gasteiger partial charge on any atom is 0.248 e. The molecule has 9 nitrogen and oxygen atoms in total. The fraction of sp³-hybridized carbons (Fsp3) is 0.294. The van der Waals surface area contributed by atoms with Crippen molar-refractivity contribution in [1.82, 2.24) is 25.6 Å². The van der Waals surface area contributed by atoms with Gasteiger partial charge in [-0.15, -0.1) is 16.8 Å². The molecule has 0 saturated heterocycles. The Morgan fingerprint density at radius 1 is 1.33 bits per heavy atom. The highest BCUT2D eigenvalue weighted by atomic mass is 32.2. The van der Waals surface area contributed by atoms with Gasteiger partial charge in [0.2, 0.25) is 11.8 Å². The van der Waals surface area contributed by atoms with E-state index in [4.69, 9.17) is 9.47 Å². The lowest BCUT2D eigenvalue weighted by Gasteiger charge is -2.26. The van der Waals surface area contributed by atoms with Crippen molar-refractivity contribution in [3.63, 3.8) is 0 Å². The molecule has 0 bridgehead atoms. The van der Waals surface area contributed by atoms with E-state index in [0.29, 0.717) is 35.6 Å². The van der Waals surface area contributed by atoms with Crippen molar-refractivity contribution in [1.29, 1.82) is 0 Å². The molecule has 0 radical (unpaired) electrons. The van der Waals surface area contributed by atoms with Gasteiger partial charge in [0.15, 0.2) is 28.6 Å². The van der Waals surface area contributed by atoms with Crippen molar-refractivity contribution < 1.29 is 19.1 Å². The van der Waals surface area contributed by atoms with Crippen LogP contribution in [0.4, 0.5) is 0 Å². The van der Waals surface area contributed by atoms with Crippen LogP contribution in [0.2, 0.25) is 0 Å². The Morgan fingerprint density at radius 2 is 2.11 bits per heavy atom. The zero-order valence-corrected chi connectivity index (χ0v) is 15.5. The molecule has 2 amide bonds. The zero-order valence-electron chi connectivity index (χ0n) is 14.7. The van der Waals surface area contributed by atoms with Crippen molar-refractivity contribution >= 4 is 23.6 Å². The number of fused-ring (bicyclic) bond motifs is 1. The number of hydrogen-bond donors (Lipinski definition) is 2. The fourth-order valence-electron chi connectivity index (χ4n) is 2.42. The van der Waals surface area contributed by atoms with Gasteiger partial charge in [-0.1, -0.05) is 30.0 Å². The molecule has 1 atom stereocenters. The number of para-hydroxylation sites is 2. The second-order valence-corrected chi connectivity index (χ2v) is 6.56. The Balaban J connectivity index is 1.71. The molecule has 1 aromatic carbocycles. The van der Waals surface area contributed by atoms with E-state index < -0.39 is 6.10 Å². The van der Waals surface area contributed by atoms with Gasteiger partial charge in [0.25, 0.3) is 0 Å². The van der Waals surface area contributed by atoms with Crippen LogP contribution < -0.4 is 20.3 Å². The van der Waals surface area contributed by atoms with Crippen LogP contribution in [0.25, 0.3) is 0 Å². The monoisotopic (exact) mass is 389 g/mol. The number of nitrogens with zero attached hydrogens (tertiary/aromatic N) is 3. The molecule has 0 saturated carbocycles. The van der Waals surface area contributed by atoms with Crippen molar-refractivity contribution in [3.05, 3.63) is 42.7 Å². The molecule has 0 unspecified atom stereocenters. The Labute approximate surface area is 160 Å². The van der Waals surface area contributed by atoms with E-state index in [1.165, 1.54) is 18.7 Å². The predicted octanol–water partition coefficient (Wildman–Crippen LogP) is 1.24. The number of amides is 2. The second kappa shape index (κ2) is 8.58. The second-order valence-electron chi connectivity index (χ2n) is 5.62. The third-order valence-electron chi connectivity index (χ3n) is 3.56. The molecule has 2 N–H and O–H groups in total. The van der Waals surface area contributed by atoms with Crippen LogP contribution in [0.3, 0.4) is 0 Å². The standard InChI is InChI=1S/C17H19N5O4S/c1-3-8-22-16(14-9-25-12-6-4-5-7-13(12)26-14)20-21-17(22)27-10-15(24)19-18-11(2)23/h3-7,14H,1,8-10H2,2H3,(H,18,23)(H,19,24)/t14-/m0/s1. The van der Waals surface area contributed by atoms with E-state index in [1.807, 2.05) is 28.8 Å². The molecule has 1 aliphatic heterocycles. The summed E-state index contributed by atoms with van der Waals surface area (Å²) < 4.78 is 13.6. The third kappa shape index (κ3) is 4.59. The molecule has 1 aliphatic rings. The first-order valence-corrected chi connectivity index (χ1v) is 9.17. The first kappa shape index (κ1) is 18.8. The highest BCUT2D eigenvalue weighted by molar-refractivity contribution is 7.99. The van der Waals surface area contributed by atoms with Gasteiger partial charge < -0.3 is 9.47 Å². The Hall–Kier alpha value is -3.01. The zero-order chi connectivity index (χ0) is 19.2. The number of hydrogen-bond acceptors (Lipinski definition) is 7. The Bertz CT molecular complexity index is 854. The molecule has 1 aromatic heterocycles. The number of allylic oxidation sites excluding steroid dienone is 1. The maximum atomic E-state index is 11.8. The highest BCUT2D eigenvalue weighted by Gasteiger charge is 2.28. The lowest BCUT2D eigenvalue weighted by atomic mass is 10.2. The van der Waals surface area contributed by atoms with Gasteiger partial charge in [-0.25, -0.2) is 0 Å². The number of carbonyl (C=O) groups excluding carboxylic acids is 2. The minimum Gasteiger partial charge on any atom is -0.485 e. The minimum atomic E-state index is -0.421. The number of ether oxygens (including phenoxy) is 2. The summed E-state index contributed by atoms with van der Waals surface area (Å²) in [5.74, 6) is 1.30. The van der Waals surface area contributed by atoms with Gasteiger partial charge in [-0.05, 0) is 12.1 Å². The van der Waals surface area contributed by atoms with Gasteiger partial charge in [-0.2, -0.15) is 0 Å².